The number of rotatable bonds is 4. The predicted molar refractivity (Wildman–Crippen MR) is 65.9 cm³/mol. The Bertz CT molecular complexity index is 427. The number of phenolic OH excluding ortho intramolecular Hbond substituents is 1. The highest BCUT2D eigenvalue weighted by atomic mass is 16.3. The van der Waals surface area contributed by atoms with Crippen LogP contribution in [0.3, 0.4) is 0 Å². The molecule has 1 aromatic carbocycles. The molecular weight excluding hydrogens is 216 g/mol. The van der Waals surface area contributed by atoms with Crippen molar-refractivity contribution in [1.82, 2.24) is 5.32 Å². The molecule has 1 atom stereocenters. The Hall–Kier alpha value is -1.55. The number of nitrogens with one attached hydrogen (secondary N) is 1. The number of hydrogen-bond donors (Lipinski definition) is 3. The quantitative estimate of drug-likeness (QED) is 0.732. The van der Waals surface area contributed by atoms with E-state index >= 15 is 0 Å². The predicted octanol–water partition coefficient (Wildman–Crippen LogP) is 1.17. The zero-order valence-corrected chi connectivity index (χ0v) is 9.94. The first kappa shape index (κ1) is 11.9. The number of phenols is 1. The summed E-state index contributed by atoms with van der Waals surface area (Å²) in [4.78, 5) is 11.9. The van der Waals surface area contributed by atoms with E-state index < -0.39 is 0 Å². The molecule has 1 saturated carbocycles. The van der Waals surface area contributed by atoms with Crippen molar-refractivity contribution in [1.29, 1.82) is 0 Å². The fourth-order valence-corrected chi connectivity index (χ4v) is 1.87. The van der Waals surface area contributed by atoms with Crippen LogP contribution in [0.5, 0.6) is 5.75 Å². The first-order valence-corrected chi connectivity index (χ1v) is 5.92. The summed E-state index contributed by atoms with van der Waals surface area (Å²) < 4.78 is 0. The van der Waals surface area contributed by atoms with E-state index in [1.807, 2.05) is 0 Å². The molecule has 4 N–H and O–H groups in total. The van der Waals surface area contributed by atoms with Crippen LogP contribution >= 0.6 is 0 Å². The molecule has 1 aliphatic carbocycles. The van der Waals surface area contributed by atoms with Gasteiger partial charge < -0.3 is 16.2 Å². The maximum Gasteiger partial charge on any atom is 0.251 e. The summed E-state index contributed by atoms with van der Waals surface area (Å²) in [5.74, 6) is 0.541. The van der Waals surface area contributed by atoms with Crippen molar-refractivity contribution in [3.8, 4) is 5.75 Å². The minimum atomic E-state index is -0.172. The van der Waals surface area contributed by atoms with Crippen molar-refractivity contribution in [2.24, 2.45) is 11.7 Å². The Labute approximate surface area is 101 Å². The minimum absolute atomic E-state index is 0.0524. The fraction of sp³-hybridized carbons (Fsp3) is 0.462. The van der Waals surface area contributed by atoms with Crippen LogP contribution in [0.4, 0.5) is 0 Å². The van der Waals surface area contributed by atoms with E-state index in [4.69, 9.17) is 5.73 Å². The molecule has 2 rings (SSSR count). The molecular formula is C13H18N2O2. The van der Waals surface area contributed by atoms with Gasteiger partial charge in [-0.2, -0.15) is 0 Å². The van der Waals surface area contributed by atoms with E-state index in [1.54, 1.807) is 25.1 Å². The van der Waals surface area contributed by atoms with Crippen molar-refractivity contribution in [2.45, 2.75) is 25.8 Å². The SMILES string of the molecule is Cc1c(O)cccc1C(=O)NCC(N)C1CC1. The van der Waals surface area contributed by atoms with Crippen LogP contribution in [0.25, 0.3) is 0 Å². The maximum absolute atomic E-state index is 11.9. The normalized spacial score (nSPS) is 16.6. The summed E-state index contributed by atoms with van der Waals surface area (Å²) in [5.41, 5.74) is 7.02. The lowest BCUT2D eigenvalue weighted by atomic mass is 10.1. The van der Waals surface area contributed by atoms with Crippen molar-refractivity contribution in [2.75, 3.05) is 6.54 Å². The second-order valence-electron chi connectivity index (χ2n) is 4.66. The van der Waals surface area contributed by atoms with E-state index in [0.717, 1.165) is 0 Å². The molecule has 1 unspecified atom stereocenters. The summed E-state index contributed by atoms with van der Waals surface area (Å²) >= 11 is 0. The van der Waals surface area contributed by atoms with Crippen molar-refractivity contribution < 1.29 is 9.90 Å². The molecule has 0 aromatic heterocycles. The number of carbonyl (C=O) groups is 1. The number of carbonyl (C=O) groups excluding carboxylic acids is 1. The van der Waals surface area contributed by atoms with Gasteiger partial charge in [-0.1, -0.05) is 6.07 Å². The molecule has 17 heavy (non-hydrogen) atoms. The second-order valence-corrected chi connectivity index (χ2v) is 4.66. The van der Waals surface area contributed by atoms with E-state index in [0.29, 0.717) is 23.6 Å². The van der Waals surface area contributed by atoms with Crippen molar-refractivity contribution in [3.05, 3.63) is 29.3 Å². The Kier molecular flexibility index (Phi) is 3.33. The number of nitrogens with two attached hydrogens (primary N) is 1. The summed E-state index contributed by atoms with van der Waals surface area (Å²) in [6.45, 7) is 2.23. The lowest BCUT2D eigenvalue weighted by Gasteiger charge is -2.13. The average molecular weight is 234 g/mol. The van der Waals surface area contributed by atoms with Gasteiger partial charge in [-0.3, -0.25) is 4.79 Å². The van der Waals surface area contributed by atoms with Gasteiger partial charge in [0, 0.05) is 23.7 Å². The van der Waals surface area contributed by atoms with E-state index in [2.05, 4.69) is 5.32 Å². The molecule has 1 aliphatic rings. The van der Waals surface area contributed by atoms with E-state index in [1.165, 1.54) is 12.8 Å². The average Bonchev–Trinajstić information content (AvgIpc) is 3.13. The van der Waals surface area contributed by atoms with Gasteiger partial charge in [0.25, 0.3) is 5.91 Å². The molecule has 4 nitrogen and oxygen atoms in total. The van der Waals surface area contributed by atoms with Crippen LogP contribution in [-0.4, -0.2) is 23.6 Å². The zero-order chi connectivity index (χ0) is 12.4. The molecule has 0 radical (unpaired) electrons. The monoisotopic (exact) mass is 234 g/mol. The lowest BCUT2D eigenvalue weighted by molar-refractivity contribution is 0.0949. The highest BCUT2D eigenvalue weighted by Gasteiger charge is 2.28. The molecule has 1 fully saturated rings. The second kappa shape index (κ2) is 4.75. The topological polar surface area (TPSA) is 75.3 Å². The largest absolute Gasteiger partial charge is 0.508 e. The van der Waals surface area contributed by atoms with Crippen LogP contribution in [-0.2, 0) is 0 Å². The molecule has 0 aliphatic heterocycles. The number of hydrogen-bond acceptors (Lipinski definition) is 3. The third-order valence-corrected chi connectivity index (χ3v) is 3.28. The molecule has 1 amide bonds. The van der Waals surface area contributed by atoms with Crippen molar-refractivity contribution in [3.63, 3.8) is 0 Å². The van der Waals surface area contributed by atoms with Crippen LogP contribution < -0.4 is 11.1 Å². The van der Waals surface area contributed by atoms with Gasteiger partial charge in [0.2, 0.25) is 0 Å². The first-order chi connectivity index (χ1) is 8.09. The van der Waals surface area contributed by atoms with Crippen LogP contribution in [0, 0.1) is 12.8 Å². The third kappa shape index (κ3) is 2.77. The summed E-state index contributed by atoms with van der Waals surface area (Å²) in [7, 11) is 0. The number of amides is 1. The van der Waals surface area contributed by atoms with Gasteiger partial charge >= 0.3 is 0 Å². The zero-order valence-electron chi connectivity index (χ0n) is 9.94. The Morgan fingerprint density at radius 3 is 2.94 bits per heavy atom. The molecule has 92 valence electrons. The summed E-state index contributed by atoms with van der Waals surface area (Å²) in [6, 6.07) is 4.99. The third-order valence-electron chi connectivity index (χ3n) is 3.28. The number of aromatic hydroxyl groups is 1. The summed E-state index contributed by atoms with van der Waals surface area (Å²) in [5, 5.41) is 12.3. The molecule has 0 saturated heterocycles. The Morgan fingerprint density at radius 2 is 2.29 bits per heavy atom. The van der Waals surface area contributed by atoms with Gasteiger partial charge in [0.05, 0.1) is 0 Å². The van der Waals surface area contributed by atoms with Gasteiger partial charge in [0.15, 0.2) is 0 Å². The molecule has 0 spiro atoms. The highest BCUT2D eigenvalue weighted by Crippen LogP contribution is 2.31. The Morgan fingerprint density at radius 1 is 1.59 bits per heavy atom. The van der Waals surface area contributed by atoms with Crippen molar-refractivity contribution >= 4 is 5.91 Å². The fourth-order valence-electron chi connectivity index (χ4n) is 1.87. The van der Waals surface area contributed by atoms with Gasteiger partial charge in [-0.15, -0.1) is 0 Å². The van der Waals surface area contributed by atoms with E-state index in [9.17, 15) is 9.90 Å². The van der Waals surface area contributed by atoms with Crippen LogP contribution in [0.2, 0.25) is 0 Å². The number of benzene rings is 1. The molecule has 1 aromatic rings. The molecule has 0 bridgehead atoms. The Balaban J connectivity index is 1.96. The molecule has 4 heteroatoms. The van der Waals surface area contributed by atoms with Crippen LogP contribution in [0.15, 0.2) is 18.2 Å². The standard InChI is InChI=1S/C13H18N2O2/c1-8-10(3-2-4-12(8)16)13(17)15-7-11(14)9-5-6-9/h2-4,9,11,16H,5-7,14H2,1H3,(H,15,17). The smallest absolute Gasteiger partial charge is 0.251 e. The maximum atomic E-state index is 11.9. The molecule has 0 heterocycles. The highest BCUT2D eigenvalue weighted by molar-refractivity contribution is 5.96. The minimum Gasteiger partial charge on any atom is -0.508 e. The van der Waals surface area contributed by atoms with Gasteiger partial charge in [-0.05, 0) is 37.8 Å². The lowest BCUT2D eigenvalue weighted by Crippen LogP contribution is -2.38. The van der Waals surface area contributed by atoms with Gasteiger partial charge in [0.1, 0.15) is 5.75 Å². The van der Waals surface area contributed by atoms with Crippen LogP contribution in [0.1, 0.15) is 28.8 Å². The summed E-state index contributed by atoms with van der Waals surface area (Å²) in [6.07, 6.45) is 2.34. The first-order valence-electron chi connectivity index (χ1n) is 5.92. The van der Waals surface area contributed by atoms with Gasteiger partial charge in [-0.25, -0.2) is 0 Å². The van der Waals surface area contributed by atoms with E-state index in [-0.39, 0.29) is 17.7 Å².